The summed E-state index contributed by atoms with van der Waals surface area (Å²) >= 11 is 0. The van der Waals surface area contributed by atoms with Gasteiger partial charge in [0.1, 0.15) is 22.3 Å². The van der Waals surface area contributed by atoms with Gasteiger partial charge in [0.15, 0.2) is 0 Å². The Bertz CT molecular complexity index is 640. The monoisotopic (exact) mass is 298 g/mol. The number of methoxy groups -OCH3 is 1. The minimum absolute atomic E-state index is 0.133. The predicted octanol–water partition coefficient (Wildman–Crippen LogP) is 1.35. The molecule has 1 aliphatic heterocycles. The Morgan fingerprint density at radius 3 is 2.95 bits per heavy atom. The molecule has 0 bridgehead atoms. The summed E-state index contributed by atoms with van der Waals surface area (Å²) in [6, 6.07) is 5.26. The minimum atomic E-state index is -3.84. The molecule has 20 heavy (non-hydrogen) atoms. The molecule has 7 heteroatoms. The van der Waals surface area contributed by atoms with Gasteiger partial charge in [-0.1, -0.05) is 6.07 Å². The van der Waals surface area contributed by atoms with Crippen molar-refractivity contribution in [2.45, 2.75) is 11.3 Å². The van der Waals surface area contributed by atoms with E-state index in [1.165, 1.54) is 16.4 Å². The van der Waals surface area contributed by atoms with Crippen molar-refractivity contribution in [2.24, 2.45) is 5.92 Å². The molecular weight excluding hydrogens is 283 g/mol. The van der Waals surface area contributed by atoms with Crippen LogP contribution in [-0.4, -0.2) is 39.5 Å². The molecule has 1 aromatic rings. The van der Waals surface area contributed by atoms with E-state index in [0.29, 0.717) is 26.1 Å². The molecule has 1 unspecified atom stereocenters. The molecule has 0 spiro atoms. The van der Waals surface area contributed by atoms with Crippen LogP contribution >= 0.6 is 0 Å². The van der Waals surface area contributed by atoms with E-state index in [0.717, 1.165) is 6.07 Å². The van der Waals surface area contributed by atoms with Gasteiger partial charge in [-0.2, -0.15) is 9.57 Å². The van der Waals surface area contributed by atoms with Crippen LogP contribution in [0.2, 0.25) is 0 Å². The molecule has 1 aliphatic rings. The molecule has 1 heterocycles. The predicted molar refractivity (Wildman–Crippen MR) is 69.9 cm³/mol. The van der Waals surface area contributed by atoms with Gasteiger partial charge < -0.3 is 4.74 Å². The number of ether oxygens (including phenoxy) is 1. The second-order valence-electron chi connectivity index (χ2n) is 4.70. The molecule has 0 aromatic heterocycles. The quantitative estimate of drug-likeness (QED) is 0.841. The lowest BCUT2D eigenvalue weighted by Gasteiger charge is -2.17. The minimum Gasteiger partial charge on any atom is -0.384 e. The molecule has 108 valence electrons. The lowest BCUT2D eigenvalue weighted by atomic mass is 10.1. The van der Waals surface area contributed by atoms with Crippen LogP contribution in [0.5, 0.6) is 0 Å². The summed E-state index contributed by atoms with van der Waals surface area (Å²) in [7, 11) is -2.27. The Hall–Kier alpha value is -1.49. The number of hydrogen-bond donors (Lipinski definition) is 0. The summed E-state index contributed by atoms with van der Waals surface area (Å²) in [5, 5.41) is 8.95. The average Bonchev–Trinajstić information content (AvgIpc) is 2.88. The molecule has 0 saturated carbocycles. The molecule has 0 radical (unpaired) electrons. The number of rotatable bonds is 4. The van der Waals surface area contributed by atoms with E-state index < -0.39 is 21.4 Å². The summed E-state index contributed by atoms with van der Waals surface area (Å²) in [6.45, 7) is 1.18. The molecule has 0 amide bonds. The maximum absolute atomic E-state index is 13.5. The van der Waals surface area contributed by atoms with Crippen LogP contribution in [0.4, 0.5) is 4.39 Å². The van der Waals surface area contributed by atoms with Crippen molar-refractivity contribution < 1.29 is 17.5 Å². The van der Waals surface area contributed by atoms with Crippen LogP contribution in [0.15, 0.2) is 23.1 Å². The first-order valence-corrected chi connectivity index (χ1v) is 7.62. The van der Waals surface area contributed by atoms with Crippen molar-refractivity contribution in [1.29, 1.82) is 5.26 Å². The Kier molecular flexibility index (Phi) is 4.38. The van der Waals surface area contributed by atoms with Gasteiger partial charge in [0.05, 0.1) is 6.61 Å². The number of hydrogen-bond acceptors (Lipinski definition) is 4. The molecule has 1 fully saturated rings. The first-order valence-electron chi connectivity index (χ1n) is 6.18. The van der Waals surface area contributed by atoms with E-state index in [1.807, 2.05) is 0 Å². The highest BCUT2D eigenvalue weighted by atomic mass is 32.2. The summed E-state index contributed by atoms with van der Waals surface area (Å²) in [6.07, 6.45) is 0.699. The van der Waals surface area contributed by atoms with Crippen molar-refractivity contribution in [3.05, 3.63) is 29.6 Å². The summed E-state index contributed by atoms with van der Waals surface area (Å²) < 4.78 is 44.8. The van der Waals surface area contributed by atoms with E-state index >= 15 is 0 Å². The zero-order valence-corrected chi connectivity index (χ0v) is 11.9. The molecule has 0 N–H and O–H groups in total. The summed E-state index contributed by atoms with van der Waals surface area (Å²) in [5.41, 5.74) is -0.428. The molecular formula is C13H15FN2O3S. The lowest BCUT2D eigenvalue weighted by Crippen LogP contribution is -2.30. The van der Waals surface area contributed by atoms with Gasteiger partial charge in [0.25, 0.3) is 0 Å². The fraction of sp³-hybridized carbons (Fsp3) is 0.462. The van der Waals surface area contributed by atoms with Crippen molar-refractivity contribution in [2.75, 3.05) is 26.8 Å². The lowest BCUT2D eigenvalue weighted by molar-refractivity contribution is 0.157. The fourth-order valence-corrected chi connectivity index (χ4v) is 4.04. The van der Waals surface area contributed by atoms with Gasteiger partial charge in [-0.05, 0) is 24.5 Å². The van der Waals surface area contributed by atoms with Crippen LogP contribution in [0.1, 0.15) is 12.0 Å². The number of halogens is 1. The van der Waals surface area contributed by atoms with Gasteiger partial charge in [0, 0.05) is 20.2 Å². The first kappa shape index (κ1) is 14.9. The van der Waals surface area contributed by atoms with Gasteiger partial charge >= 0.3 is 0 Å². The molecule has 5 nitrogen and oxygen atoms in total. The zero-order valence-electron chi connectivity index (χ0n) is 11.0. The van der Waals surface area contributed by atoms with E-state index in [1.54, 1.807) is 13.2 Å². The SMILES string of the molecule is COCC1CCN(S(=O)(=O)c2cccc(F)c2C#N)C1. The van der Waals surface area contributed by atoms with E-state index in [-0.39, 0.29) is 10.8 Å². The van der Waals surface area contributed by atoms with Crippen molar-refractivity contribution in [3.63, 3.8) is 0 Å². The molecule has 0 aliphatic carbocycles. The Labute approximate surface area is 117 Å². The van der Waals surface area contributed by atoms with Crippen molar-refractivity contribution in [3.8, 4) is 6.07 Å². The highest BCUT2D eigenvalue weighted by Gasteiger charge is 2.34. The van der Waals surface area contributed by atoms with Gasteiger partial charge in [-0.15, -0.1) is 0 Å². The number of sulfonamides is 1. The van der Waals surface area contributed by atoms with E-state index in [2.05, 4.69) is 0 Å². The molecule has 2 rings (SSSR count). The number of benzene rings is 1. The standard InChI is InChI=1S/C13H15FN2O3S/c1-19-9-10-5-6-16(8-10)20(17,18)13-4-2-3-12(14)11(13)7-15/h2-4,10H,5-6,8-9H2,1H3. The van der Waals surface area contributed by atoms with Crippen molar-refractivity contribution >= 4 is 10.0 Å². The van der Waals surface area contributed by atoms with Gasteiger partial charge in [-0.3, -0.25) is 0 Å². The molecule has 1 atom stereocenters. The van der Waals surface area contributed by atoms with Crippen LogP contribution in [0.25, 0.3) is 0 Å². The maximum atomic E-state index is 13.5. The average molecular weight is 298 g/mol. The Balaban J connectivity index is 2.33. The molecule has 1 aromatic carbocycles. The normalized spacial score (nSPS) is 19.9. The Morgan fingerprint density at radius 1 is 1.55 bits per heavy atom. The van der Waals surface area contributed by atoms with E-state index in [4.69, 9.17) is 10.00 Å². The number of nitrogens with zero attached hydrogens (tertiary/aromatic N) is 2. The largest absolute Gasteiger partial charge is 0.384 e. The van der Waals surface area contributed by atoms with Gasteiger partial charge in [0.2, 0.25) is 10.0 Å². The van der Waals surface area contributed by atoms with Crippen LogP contribution in [0.3, 0.4) is 0 Å². The fourth-order valence-electron chi connectivity index (χ4n) is 2.35. The third-order valence-corrected chi connectivity index (χ3v) is 5.26. The smallest absolute Gasteiger partial charge is 0.244 e. The highest BCUT2D eigenvalue weighted by molar-refractivity contribution is 7.89. The van der Waals surface area contributed by atoms with Crippen LogP contribution < -0.4 is 0 Å². The summed E-state index contributed by atoms with van der Waals surface area (Å²) in [4.78, 5) is -0.266. The van der Waals surface area contributed by atoms with E-state index in [9.17, 15) is 12.8 Å². The first-order chi connectivity index (χ1) is 9.50. The second kappa shape index (κ2) is 5.87. The topological polar surface area (TPSA) is 70.4 Å². The van der Waals surface area contributed by atoms with Crippen LogP contribution in [-0.2, 0) is 14.8 Å². The summed E-state index contributed by atoms with van der Waals surface area (Å²) in [5.74, 6) is -0.685. The third-order valence-electron chi connectivity index (χ3n) is 3.36. The van der Waals surface area contributed by atoms with Gasteiger partial charge in [-0.25, -0.2) is 12.8 Å². The third kappa shape index (κ3) is 2.68. The Morgan fingerprint density at radius 2 is 2.30 bits per heavy atom. The zero-order chi connectivity index (χ0) is 14.8. The highest BCUT2D eigenvalue weighted by Crippen LogP contribution is 2.27. The van der Waals surface area contributed by atoms with Crippen molar-refractivity contribution in [1.82, 2.24) is 4.31 Å². The maximum Gasteiger partial charge on any atom is 0.244 e. The van der Waals surface area contributed by atoms with Crippen LogP contribution in [0, 0.1) is 23.1 Å². The molecule has 1 saturated heterocycles. The second-order valence-corrected chi connectivity index (χ2v) is 6.60. The number of nitriles is 1.